The Hall–Kier alpha value is -1.31. The number of carbonyl (C=O) groups is 1. The highest BCUT2D eigenvalue weighted by molar-refractivity contribution is 5.88. The van der Waals surface area contributed by atoms with Crippen LogP contribution in [-0.4, -0.2) is 39.3 Å². The predicted molar refractivity (Wildman–Crippen MR) is 96.6 cm³/mol. The average Bonchev–Trinajstić information content (AvgIpc) is 3.08. The molecule has 26 heavy (non-hydrogen) atoms. The van der Waals surface area contributed by atoms with Crippen LogP contribution in [0.2, 0.25) is 0 Å². The lowest BCUT2D eigenvalue weighted by Crippen LogP contribution is -2.45. The zero-order chi connectivity index (χ0) is 18.3. The van der Waals surface area contributed by atoms with Crippen molar-refractivity contribution in [2.45, 2.75) is 37.3 Å². The number of methoxy groups -OCH3 is 1. The molecule has 0 spiro atoms. The minimum atomic E-state index is -4.41. The zero-order valence-electron chi connectivity index (χ0n) is 14.8. The van der Waals surface area contributed by atoms with Gasteiger partial charge in [-0.15, -0.1) is 12.4 Å². The molecule has 0 radical (unpaired) electrons. The van der Waals surface area contributed by atoms with E-state index in [1.54, 1.807) is 13.2 Å². The first kappa shape index (κ1) is 22.7. The molecule has 1 saturated carbocycles. The molecular weight excluding hydrogens is 369 g/mol. The molecule has 0 unspecified atom stereocenters. The molecular formula is C18H26ClF3N2O2. The number of alkyl halides is 3. The van der Waals surface area contributed by atoms with Gasteiger partial charge < -0.3 is 15.4 Å². The van der Waals surface area contributed by atoms with E-state index in [-0.39, 0.29) is 18.3 Å². The van der Waals surface area contributed by atoms with Gasteiger partial charge in [-0.3, -0.25) is 4.79 Å². The van der Waals surface area contributed by atoms with Gasteiger partial charge in [0.1, 0.15) is 0 Å². The summed E-state index contributed by atoms with van der Waals surface area (Å²) in [6, 6.07) is 5.19. The van der Waals surface area contributed by atoms with Crippen LogP contribution in [0.25, 0.3) is 0 Å². The highest BCUT2D eigenvalue weighted by Gasteiger charge is 2.43. The molecule has 4 nitrogen and oxygen atoms in total. The fourth-order valence-corrected chi connectivity index (χ4v) is 3.35. The van der Waals surface area contributed by atoms with Crippen LogP contribution in [-0.2, 0) is 21.1 Å². The maximum atomic E-state index is 13.0. The van der Waals surface area contributed by atoms with E-state index in [2.05, 4.69) is 10.6 Å². The lowest BCUT2D eigenvalue weighted by atomic mass is 9.77. The van der Waals surface area contributed by atoms with Crippen molar-refractivity contribution in [3.63, 3.8) is 0 Å². The molecule has 0 atom stereocenters. The standard InChI is InChI=1S/C18H25F3N2O2.ClH/c1-25-12-11-22-9-10-23-16(24)17(7-2-3-8-17)14-5-4-6-15(13-14)18(19,20)21;/h4-6,13,22H,2-3,7-12H2,1H3,(H,23,24);1H. The largest absolute Gasteiger partial charge is 0.416 e. The molecule has 1 aromatic carbocycles. The van der Waals surface area contributed by atoms with E-state index in [1.807, 2.05) is 0 Å². The van der Waals surface area contributed by atoms with E-state index in [9.17, 15) is 18.0 Å². The molecule has 0 aromatic heterocycles. The minimum absolute atomic E-state index is 0. The Labute approximate surface area is 158 Å². The van der Waals surface area contributed by atoms with Crippen molar-refractivity contribution in [2.24, 2.45) is 0 Å². The van der Waals surface area contributed by atoms with E-state index in [0.29, 0.717) is 44.6 Å². The second-order valence-corrected chi connectivity index (χ2v) is 6.37. The van der Waals surface area contributed by atoms with Gasteiger partial charge in [-0.1, -0.05) is 31.0 Å². The Bertz CT molecular complexity index is 576. The van der Waals surface area contributed by atoms with E-state index in [4.69, 9.17) is 4.74 Å². The number of nitrogens with one attached hydrogen (secondary N) is 2. The monoisotopic (exact) mass is 394 g/mol. The number of carbonyl (C=O) groups excluding carboxylic acids is 1. The summed E-state index contributed by atoms with van der Waals surface area (Å²) in [5.41, 5.74) is -1.09. The highest BCUT2D eigenvalue weighted by Crippen LogP contribution is 2.43. The SMILES string of the molecule is COCCNCCNC(=O)C1(c2cccc(C(F)(F)F)c2)CCCC1.Cl. The average molecular weight is 395 g/mol. The number of benzene rings is 1. The summed E-state index contributed by atoms with van der Waals surface area (Å²) in [5, 5.41) is 6.00. The van der Waals surface area contributed by atoms with Crippen LogP contribution in [0.5, 0.6) is 0 Å². The van der Waals surface area contributed by atoms with Crippen molar-refractivity contribution in [3.05, 3.63) is 35.4 Å². The molecule has 0 bridgehead atoms. The minimum Gasteiger partial charge on any atom is -0.383 e. The second kappa shape index (κ2) is 10.1. The third-order valence-corrected chi connectivity index (χ3v) is 4.70. The van der Waals surface area contributed by atoms with Crippen LogP contribution in [0.3, 0.4) is 0 Å². The third-order valence-electron chi connectivity index (χ3n) is 4.70. The number of amides is 1. The van der Waals surface area contributed by atoms with Gasteiger partial charge >= 0.3 is 6.18 Å². The lowest BCUT2D eigenvalue weighted by Gasteiger charge is -2.29. The van der Waals surface area contributed by atoms with Gasteiger partial charge in [0.2, 0.25) is 5.91 Å². The maximum absolute atomic E-state index is 13.0. The molecule has 2 N–H and O–H groups in total. The van der Waals surface area contributed by atoms with Crippen molar-refractivity contribution < 1.29 is 22.7 Å². The Kier molecular flexibility index (Phi) is 8.86. The van der Waals surface area contributed by atoms with Gasteiger partial charge in [0, 0.05) is 26.7 Å². The predicted octanol–water partition coefficient (Wildman–Crippen LogP) is 3.29. The first-order valence-corrected chi connectivity index (χ1v) is 8.56. The molecule has 1 fully saturated rings. The van der Waals surface area contributed by atoms with E-state index in [1.165, 1.54) is 6.07 Å². The van der Waals surface area contributed by atoms with Gasteiger partial charge in [-0.2, -0.15) is 13.2 Å². The fourth-order valence-electron chi connectivity index (χ4n) is 3.35. The van der Waals surface area contributed by atoms with E-state index < -0.39 is 17.2 Å². The lowest BCUT2D eigenvalue weighted by molar-refractivity contribution is -0.138. The smallest absolute Gasteiger partial charge is 0.383 e. The Morgan fingerprint density at radius 2 is 1.88 bits per heavy atom. The van der Waals surface area contributed by atoms with Gasteiger partial charge in [0.15, 0.2) is 0 Å². The quantitative estimate of drug-likeness (QED) is 0.665. The highest BCUT2D eigenvalue weighted by atomic mass is 35.5. The topological polar surface area (TPSA) is 50.4 Å². The number of hydrogen-bond donors (Lipinski definition) is 2. The zero-order valence-corrected chi connectivity index (χ0v) is 15.6. The third kappa shape index (κ3) is 5.59. The van der Waals surface area contributed by atoms with Gasteiger partial charge in [0.05, 0.1) is 17.6 Å². The van der Waals surface area contributed by atoms with Gasteiger partial charge in [0.25, 0.3) is 0 Å². The molecule has 1 amide bonds. The van der Waals surface area contributed by atoms with Crippen LogP contribution in [0.15, 0.2) is 24.3 Å². The molecule has 1 aliphatic rings. The number of ether oxygens (including phenoxy) is 1. The van der Waals surface area contributed by atoms with Crippen molar-refractivity contribution >= 4 is 18.3 Å². The van der Waals surface area contributed by atoms with Crippen LogP contribution in [0.4, 0.5) is 13.2 Å². The van der Waals surface area contributed by atoms with Crippen LogP contribution >= 0.6 is 12.4 Å². The molecule has 1 aliphatic carbocycles. The van der Waals surface area contributed by atoms with Crippen LogP contribution in [0, 0.1) is 0 Å². The normalized spacial score (nSPS) is 16.2. The summed E-state index contributed by atoms with van der Waals surface area (Å²) >= 11 is 0. The first-order chi connectivity index (χ1) is 11.9. The maximum Gasteiger partial charge on any atom is 0.416 e. The molecule has 0 saturated heterocycles. The summed E-state index contributed by atoms with van der Waals surface area (Å²) < 4.78 is 44.0. The number of hydrogen-bond acceptors (Lipinski definition) is 3. The van der Waals surface area contributed by atoms with Crippen molar-refractivity contribution in [3.8, 4) is 0 Å². The van der Waals surface area contributed by atoms with E-state index >= 15 is 0 Å². The molecule has 2 rings (SSSR count). The van der Waals surface area contributed by atoms with E-state index in [0.717, 1.165) is 25.0 Å². The number of rotatable bonds is 8. The fraction of sp³-hybridized carbons (Fsp3) is 0.611. The van der Waals surface area contributed by atoms with Crippen molar-refractivity contribution in [2.75, 3.05) is 33.4 Å². The summed E-state index contributed by atoms with van der Waals surface area (Å²) in [7, 11) is 1.61. The molecule has 0 heterocycles. The summed E-state index contributed by atoms with van der Waals surface area (Å²) in [4.78, 5) is 12.8. The van der Waals surface area contributed by atoms with Crippen molar-refractivity contribution in [1.29, 1.82) is 0 Å². The Balaban J connectivity index is 0.00000338. The van der Waals surface area contributed by atoms with Crippen LogP contribution < -0.4 is 10.6 Å². The van der Waals surface area contributed by atoms with Gasteiger partial charge in [-0.05, 0) is 24.5 Å². The Morgan fingerprint density at radius 3 is 2.50 bits per heavy atom. The Morgan fingerprint density at radius 1 is 1.19 bits per heavy atom. The van der Waals surface area contributed by atoms with Crippen molar-refractivity contribution in [1.82, 2.24) is 10.6 Å². The summed E-state index contributed by atoms with van der Waals surface area (Å²) in [5.74, 6) is -0.183. The molecule has 1 aromatic rings. The summed E-state index contributed by atoms with van der Waals surface area (Å²) in [6.07, 6.45) is -1.56. The number of halogens is 4. The summed E-state index contributed by atoms with van der Waals surface area (Å²) in [6.45, 7) is 2.30. The molecule has 8 heteroatoms. The molecule has 148 valence electrons. The van der Waals surface area contributed by atoms with Crippen LogP contribution in [0.1, 0.15) is 36.8 Å². The molecule has 0 aliphatic heterocycles. The first-order valence-electron chi connectivity index (χ1n) is 8.56. The second-order valence-electron chi connectivity index (χ2n) is 6.37. The van der Waals surface area contributed by atoms with Gasteiger partial charge in [-0.25, -0.2) is 0 Å².